The van der Waals surface area contributed by atoms with Crippen molar-refractivity contribution in [2.45, 2.75) is 57.5 Å². The Balaban J connectivity index is 1.46. The van der Waals surface area contributed by atoms with Gasteiger partial charge in [0.2, 0.25) is 17.7 Å². The molecule has 0 radical (unpaired) electrons. The molecule has 5 aromatic rings. The number of aromatic amines is 1. The molecule has 45 heavy (non-hydrogen) atoms. The molecule has 0 unspecified atom stereocenters. The van der Waals surface area contributed by atoms with Gasteiger partial charge in [-0.05, 0) is 39.7 Å². The van der Waals surface area contributed by atoms with Crippen LogP contribution in [0.2, 0.25) is 0 Å². The van der Waals surface area contributed by atoms with Crippen molar-refractivity contribution in [3.05, 3.63) is 66.4 Å². The molecular formula is C30H34N10O4S. The van der Waals surface area contributed by atoms with Gasteiger partial charge in [0.1, 0.15) is 10.7 Å². The SMILES string of the molecule is CC(=O)Nc1nnc(C(=O)N(C(C)C)[C@H](C)CCc2nc3c(-c4ccc(-c5ccccc5)nc4)cnn3c(N)c2S(C)(=O)=O)[nH]1. The number of carbonyl (C=O) groups is 2. The van der Waals surface area contributed by atoms with E-state index in [1.807, 2.05) is 63.2 Å². The molecule has 4 heterocycles. The summed E-state index contributed by atoms with van der Waals surface area (Å²) in [5.74, 6) is -0.789. The van der Waals surface area contributed by atoms with Crippen LogP contribution in [0.5, 0.6) is 0 Å². The number of rotatable bonds is 10. The number of hydrogen-bond acceptors (Lipinski definition) is 10. The topological polar surface area (TPSA) is 194 Å². The van der Waals surface area contributed by atoms with Crippen LogP contribution in [0.25, 0.3) is 28.0 Å². The van der Waals surface area contributed by atoms with E-state index in [9.17, 15) is 18.0 Å². The molecule has 0 aliphatic carbocycles. The van der Waals surface area contributed by atoms with Gasteiger partial charge in [-0.2, -0.15) is 9.61 Å². The average Bonchev–Trinajstić information content (AvgIpc) is 3.63. The summed E-state index contributed by atoms with van der Waals surface area (Å²) in [6.07, 6.45) is 4.94. The lowest BCUT2D eigenvalue weighted by Crippen LogP contribution is -2.44. The third-order valence-electron chi connectivity index (χ3n) is 7.27. The molecule has 0 aliphatic heterocycles. The van der Waals surface area contributed by atoms with Crippen molar-refractivity contribution >= 4 is 39.1 Å². The van der Waals surface area contributed by atoms with Crippen molar-refractivity contribution in [2.24, 2.45) is 0 Å². The van der Waals surface area contributed by atoms with Gasteiger partial charge in [0.25, 0.3) is 5.91 Å². The number of hydrogen-bond donors (Lipinski definition) is 3. The highest BCUT2D eigenvalue weighted by atomic mass is 32.2. The van der Waals surface area contributed by atoms with Gasteiger partial charge in [0.15, 0.2) is 15.5 Å². The summed E-state index contributed by atoms with van der Waals surface area (Å²) in [6.45, 7) is 6.90. The van der Waals surface area contributed by atoms with Crippen LogP contribution in [0.1, 0.15) is 50.4 Å². The normalized spacial score (nSPS) is 12.4. The second kappa shape index (κ2) is 12.4. The van der Waals surface area contributed by atoms with E-state index in [1.165, 1.54) is 11.4 Å². The van der Waals surface area contributed by atoms with Crippen LogP contribution >= 0.6 is 0 Å². The zero-order chi connectivity index (χ0) is 32.5. The van der Waals surface area contributed by atoms with Crippen LogP contribution in [0.4, 0.5) is 11.8 Å². The Kier molecular flexibility index (Phi) is 8.64. The predicted octanol–water partition coefficient (Wildman–Crippen LogP) is 3.39. The summed E-state index contributed by atoms with van der Waals surface area (Å²) in [7, 11) is -3.80. The summed E-state index contributed by atoms with van der Waals surface area (Å²) in [6, 6.07) is 13.0. The van der Waals surface area contributed by atoms with E-state index in [2.05, 4.69) is 30.6 Å². The lowest BCUT2D eigenvalue weighted by atomic mass is 10.1. The monoisotopic (exact) mass is 630 g/mol. The first-order valence-electron chi connectivity index (χ1n) is 14.3. The van der Waals surface area contributed by atoms with E-state index < -0.39 is 15.7 Å². The number of amides is 2. The number of benzene rings is 1. The number of anilines is 2. The third-order valence-corrected chi connectivity index (χ3v) is 8.46. The number of nitrogen functional groups attached to an aromatic ring is 1. The molecule has 14 nitrogen and oxygen atoms in total. The summed E-state index contributed by atoms with van der Waals surface area (Å²) in [5.41, 5.74) is 10.3. The predicted molar refractivity (Wildman–Crippen MR) is 169 cm³/mol. The maximum atomic E-state index is 13.4. The Morgan fingerprint density at radius 3 is 2.40 bits per heavy atom. The smallest absolute Gasteiger partial charge is 0.292 e. The van der Waals surface area contributed by atoms with Crippen molar-refractivity contribution < 1.29 is 18.0 Å². The molecule has 1 aromatic carbocycles. The fraction of sp³-hybridized carbons (Fsp3) is 0.300. The van der Waals surface area contributed by atoms with Crippen molar-refractivity contribution in [1.29, 1.82) is 0 Å². The molecule has 5 rings (SSSR count). The molecular weight excluding hydrogens is 596 g/mol. The summed E-state index contributed by atoms with van der Waals surface area (Å²) >= 11 is 0. The number of nitrogens with one attached hydrogen (secondary N) is 2. The van der Waals surface area contributed by atoms with Crippen molar-refractivity contribution in [2.75, 3.05) is 17.3 Å². The molecule has 15 heteroatoms. The first-order valence-corrected chi connectivity index (χ1v) is 16.1. The van der Waals surface area contributed by atoms with Crippen LogP contribution in [0.15, 0.2) is 59.8 Å². The molecule has 4 aromatic heterocycles. The number of aryl methyl sites for hydroxylation is 1. The van der Waals surface area contributed by atoms with Gasteiger partial charge < -0.3 is 15.6 Å². The van der Waals surface area contributed by atoms with Crippen molar-refractivity contribution in [1.82, 2.24) is 39.7 Å². The molecule has 1 atom stereocenters. The van der Waals surface area contributed by atoms with Crippen LogP contribution in [-0.4, -0.2) is 78.2 Å². The van der Waals surface area contributed by atoms with Gasteiger partial charge in [-0.15, -0.1) is 10.2 Å². The van der Waals surface area contributed by atoms with E-state index in [4.69, 9.17) is 10.7 Å². The first-order chi connectivity index (χ1) is 21.3. The van der Waals surface area contributed by atoms with Crippen LogP contribution < -0.4 is 11.1 Å². The molecule has 0 bridgehead atoms. The molecule has 0 aliphatic rings. The molecule has 0 saturated carbocycles. The molecule has 0 fully saturated rings. The number of aromatic nitrogens is 7. The van der Waals surface area contributed by atoms with Crippen LogP contribution in [0, 0.1) is 0 Å². The maximum absolute atomic E-state index is 13.4. The van der Waals surface area contributed by atoms with Gasteiger partial charge in [0, 0.05) is 48.2 Å². The number of carbonyl (C=O) groups excluding carboxylic acids is 2. The van der Waals surface area contributed by atoms with Crippen molar-refractivity contribution in [3.63, 3.8) is 0 Å². The highest BCUT2D eigenvalue weighted by molar-refractivity contribution is 7.91. The van der Waals surface area contributed by atoms with E-state index in [1.54, 1.807) is 17.3 Å². The maximum Gasteiger partial charge on any atom is 0.292 e. The Morgan fingerprint density at radius 1 is 1.04 bits per heavy atom. The lowest BCUT2D eigenvalue weighted by molar-refractivity contribution is -0.114. The van der Waals surface area contributed by atoms with Crippen LogP contribution in [0.3, 0.4) is 0 Å². The van der Waals surface area contributed by atoms with Gasteiger partial charge in [-0.25, -0.2) is 13.4 Å². The Morgan fingerprint density at radius 2 is 1.78 bits per heavy atom. The van der Waals surface area contributed by atoms with Crippen LogP contribution in [-0.2, 0) is 21.1 Å². The number of nitrogens with two attached hydrogens (primary N) is 1. The number of pyridine rings is 1. The first kappa shape index (κ1) is 31.3. The quantitative estimate of drug-likeness (QED) is 0.206. The summed E-state index contributed by atoms with van der Waals surface area (Å²) in [5, 5.41) is 14.5. The number of H-pyrrole nitrogens is 1. The van der Waals surface area contributed by atoms with Gasteiger partial charge in [-0.3, -0.25) is 19.9 Å². The second-order valence-corrected chi connectivity index (χ2v) is 13.0. The number of sulfone groups is 1. The number of nitrogens with zero attached hydrogens (tertiary/aromatic N) is 7. The Hall–Kier alpha value is -5.18. The van der Waals surface area contributed by atoms with E-state index >= 15 is 0 Å². The minimum Gasteiger partial charge on any atom is -0.382 e. The standard InChI is InChI=1S/C30H34N10O4S/c1-17(2)39(29(42)27-36-30(38-37-27)34-19(4)41)18(3)11-13-24-25(45(5,43)44)26(31)40-28(35-24)22(16-33-40)21-12-14-23(32-15-21)20-9-7-6-8-10-20/h6-10,12,14-18H,11,13,31H2,1-5H3,(H2,34,36,37,38,41)/t18-/m1/s1. The Bertz CT molecular complexity index is 1970. The highest BCUT2D eigenvalue weighted by Gasteiger charge is 2.29. The second-order valence-electron chi connectivity index (χ2n) is 11.0. The minimum absolute atomic E-state index is 0.0318. The van der Waals surface area contributed by atoms with Crippen molar-refractivity contribution in [3.8, 4) is 22.4 Å². The van der Waals surface area contributed by atoms with E-state index in [0.717, 1.165) is 23.1 Å². The zero-order valence-corrected chi connectivity index (χ0v) is 26.3. The van der Waals surface area contributed by atoms with Gasteiger partial charge in [-0.1, -0.05) is 36.4 Å². The van der Waals surface area contributed by atoms with Gasteiger partial charge >= 0.3 is 0 Å². The summed E-state index contributed by atoms with van der Waals surface area (Å²) in [4.78, 5) is 38.4. The zero-order valence-electron chi connectivity index (χ0n) is 25.5. The molecule has 0 spiro atoms. The summed E-state index contributed by atoms with van der Waals surface area (Å²) < 4.78 is 27.2. The fourth-order valence-corrected chi connectivity index (χ4v) is 6.33. The van der Waals surface area contributed by atoms with Gasteiger partial charge in [0.05, 0.1) is 17.6 Å². The van der Waals surface area contributed by atoms with E-state index in [0.29, 0.717) is 17.6 Å². The molecule has 234 valence electrons. The lowest BCUT2D eigenvalue weighted by Gasteiger charge is -2.32. The highest BCUT2D eigenvalue weighted by Crippen LogP contribution is 2.31. The Labute approximate surface area is 260 Å². The largest absolute Gasteiger partial charge is 0.382 e. The van der Waals surface area contributed by atoms with E-state index in [-0.39, 0.29) is 52.6 Å². The molecule has 4 N–H and O–H groups in total. The molecule has 2 amide bonds. The fourth-order valence-electron chi connectivity index (χ4n) is 5.29. The molecule has 0 saturated heterocycles. The minimum atomic E-state index is -3.80. The third kappa shape index (κ3) is 6.52. The number of fused-ring (bicyclic) bond motifs is 1. The average molecular weight is 631 g/mol.